The molecule has 0 aromatic carbocycles. The summed E-state index contributed by atoms with van der Waals surface area (Å²) < 4.78 is 27.6. The Morgan fingerprint density at radius 3 is 2.76 bits per heavy atom. The lowest BCUT2D eigenvalue weighted by atomic mass is 10.1. The Balaban J connectivity index is 1.97. The molecule has 2 heterocycles. The van der Waals surface area contributed by atoms with Gasteiger partial charge < -0.3 is 10.2 Å². The molecule has 1 atom stereocenters. The number of sulfonamides is 1. The van der Waals surface area contributed by atoms with Gasteiger partial charge in [0.2, 0.25) is 0 Å². The predicted octanol–water partition coefficient (Wildman–Crippen LogP) is 0.282. The topological polar surface area (TPSA) is 90.1 Å². The van der Waals surface area contributed by atoms with Crippen molar-refractivity contribution in [3.05, 3.63) is 11.8 Å². The molecule has 1 aromatic heterocycles. The monoisotopic (exact) mass is 315 g/mol. The Labute approximate surface area is 126 Å². The summed E-state index contributed by atoms with van der Waals surface area (Å²) in [6.07, 6.45) is 5.22. The van der Waals surface area contributed by atoms with Gasteiger partial charge >= 0.3 is 0 Å². The van der Waals surface area contributed by atoms with Crippen LogP contribution in [0, 0.1) is 0 Å². The van der Waals surface area contributed by atoms with Gasteiger partial charge in [0.15, 0.2) is 5.03 Å². The third-order valence-electron chi connectivity index (χ3n) is 3.65. The summed E-state index contributed by atoms with van der Waals surface area (Å²) in [7, 11) is -1.78. The van der Waals surface area contributed by atoms with E-state index in [9.17, 15) is 8.42 Å². The van der Waals surface area contributed by atoms with Gasteiger partial charge in [-0.3, -0.25) is 5.10 Å². The molecular formula is C13H25N5O2S. The lowest BCUT2D eigenvalue weighted by molar-refractivity contribution is 0.215. The number of nitrogens with one attached hydrogen (secondary N) is 3. The number of H-pyrrole nitrogens is 1. The molecule has 0 aliphatic carbocycles. The van der Waals surface area contributed by atoms with E-state index in [2.05, 4.69) is 25.1 Å². The molecule has 7 nitrogen and oxygen atoms in total. The molecule has 1 aliphatic rings. The molecule has 1 saturated heterocycles. The Hall–Kier alpha value is -0.960. The van der Waals surface area contributed by atoms with Gasteiger partial charge in [-0.05, 0) is 39.9 Å². The lowest BCUT2D eigenvalue weighted by Crippen LogP contribution is -2.43. The number of aromatic amines is 1. The minimum Gasteiger partial charge on any atom is -0.316 e. The molecular weight excluding hydrogens is 290 g/mol. The average Bonchev–Trinajstić information content (AvgIpc) is 2.88. The van der Waals surface area contributed by atoms with Gasteiger partial charge in [-0.25, -0.2) is 13.1 Å². The van der Waals surface area contributed by atoms with E-state index in [1.165, 1.54) is 19.3 Å². The molecule has 2 rings (SSSR count). The van der Waals surface area contributed by atoms with Crippen molar-refractivity contribution in [3.8, 4) is 0 Å². The van der Waals surface area contributed by atoms with E-state index in [0.717, 1.165) is 19.6 Å². The predicted molar refractivity (Wildman–Crippen MR) is 81.4 cm³/mol. The second kappa shape index (κ2) is 7.35. The van der Waals surface area contributed by atoms with E-state index in [1.807, 2.05) is 6.92 Å². The highest BCUT2D eigenvalue weighted by Crippen LogP contribution is 2.13. The number of nitrogens with zero attached hydrogens (tertiary/aromatic N) is 2. The SMILES string of the molecule is CNCc1cn[nH]c1S(=O)(=O)NC(C)CN1CCCCC1. The number of rotatable bonds is 7. The molecule has 0 bridgehead atoms. The smallest absolute Gasteiger partial charge is 0.258 e. The average molecular weight is 315 g/mol. The van der Waals surface area contributed by atoms with Crippen molar-refractivity contribution in [1.29, 1.82) is 0 Å². The van der Waals surface area contributed by atoms with Crippen molar-refractivity contribution in [1.82, 2.24) is 25.1 Å². The number of hydrogen-bond acceptors (Lipinski definition) is 5. The number of piperidine rings is 1. The zero-order valence-corrected chi connectivity index (χ0v) is 13.5. The van der Waals surface area contributed by atoms with Gasteiger partial charge in [0.25, 0.3) is 10.0 Å². The Bertz CT molecular complexity index is 537. The molecule has 3 N–H and O–H groups in total. The zero-order chi connectivity index (χ0) is 15.3. The summed E-state index contributed by atoms with van der Waals surface area (Å²) in [5, 5.41) is 9.52. The molecule has 1 aliphatic heterocycles. The summed E-state index contributed by atoms with van der Waals surface area (Å²) in [5.41, 5.74) is 0.648. The normalized spacial score (nSPS) is 18.8. The van der Waals surface area contributed by atoms with Gasteiger partial charge in [0.05, 0.1) is 6.20 Å². The molecule has 21 heavy (non-hydrogen) atoms. The first kappa shape index (κ1) is 16.4. The highest BCUT2D eigenvalue weighted by Gasteiger charge is 2.24. The van der Waals surface area contributed by atoms with E-state index in [-0.39, 0.29) is 11.1 Å². The van der Waals surface area contributed by atoms with Crippen LogP contribution in [0.25, 0.3) is 0 Å². The van der Waals surface area contributed by atoms with Crippen molar-refractivity contribution in [2.75, 3.05) is 26.7 Å². The van der Waals surface area contributed by atoms with Crippen molar-refractivity contribution in [2.45, 2.75) is 43.8 Å². The van der Waals surface area contributed by atoms with Gasteiger partial charge in [0, 0.05) is 24.7 Å². The molecule has 0 spiro atoms. The van der Waals surface area contributed by atoms with Gasteiger partial charge in [-0.15, -0.1) is 0 Å². The standard InChI is InChI=1S/C13H25N5O2S/c1-11(10-18-6-4-3-5-7-18)17-21(19,20)13-12(8-14-2)9-15-16-13/h9,11,14,17H,3-8,10H2,1-2H3,(H,15,16). The van der Waals surface area contributed by atoms with E-state index >= 15 is 0 Å². The minimum absolute atomic E-state index is 0.126. The maximum atomic E-state index is 12.4. The fraction of sp³-hybridized carbons (Fsp3) is 0.769. The largest absolute Gasteiger partial charge is 0.316 e. The van der Waals surface area contributed by atoms with Crippen LogP contribution in [0.5, 0.6) is 0 Å². The highest BCUT2D eigenvalue weighted by atomic mass is 32.2. The Morgan fingerprint density at radius 1 is 1.38 bits per heavy atom. The maximum absolute atomic E-state index is 12.4. The van der Waals surface area contributed by atoms with Crippen LogP contribution in [0.4, 0.5) is 0 Å². The van der Waals surface area contributed by atoms with Crippen LogP contribution in [-0.2, 0) is 16.6 Å². The second-order valence-electron chi connectivity index (χ2n) is 5.64. The summed E-state index contributed by atoms with van der Waals surface area (Å²) in [4.78, 5) is 2.32. The van der Waals surface area contributed by atoms with Gasteiger partial charge in [-0.2, -0.15) is 5.10 Å². The van der Waals surface area contributed by atoms with Crippen LogP contribution < -0.4 is 10.0 Å². The molecule has 8 heteroatoms. The first-order valence-corrected chi connectivity index (χ1v) is 8.93. The number of hydrogen-bond donors (Lipinski definition) is 3. The Morgan fingerprint density at radius 2 is 2.10 bits per heavy atom. The van der Waals surface area contributed by atoms with Gasteiger partial charge in [0.1, 0.15) is 0 Å². The van der Waals surface area contributed by atoms with E-state index < -0.39 is 10.0 Å². The van der Waals surface area contributed by atoms with Crippen LogP contribution in [-0.4, -0.2) is 56.2 Å². The molecule has 0 saturated carbocycles. The molecule has 1 fully saturated rings. The molecule has 0 amide bonds. The summed E-state index contributed by atoms with van der Waals surface area (Å²) in [6, 6.07) is -0.126. The third kappa shape index (κ3) is 4.50. The molecule has 0 radical (unpaired) electrons. The number of aromatic nitrogens is 2. The van der Waals surface area contributed by atoms with Crippen molar-refractivity contribution < 1.29 is 8.42 Å². The van der Waals surface area contributed by atoms with Crippen molar-refractivity contribution in [3.63, 3.8) is 0 Å². The molecule has 120 valence electrons. The molecule has 1 unspecified atom stereocenters. The zero-order valence-electron chi connectivity index (χ0n) is 12.7. The Kier molecular flexibility index (Phi) is 5.74. The summed E-state index contributed by atoms with van der Waals surface area (Å²) in [5.74, 6) is 0. The van der Waals surface area contributed by atoms with Crippen LogP contribution in [0.3, 0.4) is 0 Å². The van der Waals surface area contributed by atoms with E-state index in [1.54, 1.807) is 13.2 Å². The van der Waals surface area contributed by atoms with E-state index in [0.29, 0.717) is 12.1 Å². The number of likely N-dealkylation sites (tertiary alicyclic amines) is 1. The third-order valence-corrected chi connectivity index (χ3v) is 5.25. The highest BCUT2D eigenvalue weighted by molar-refractivity contribution is 7.89. The summed E-state index contributed by atoms with van der Waals surface area (Å²) >= 11 is 0. The fourth-order valence-electron chi connectivity index (χ4n) is 2.74. The van der Waals surface area contributed by atoms with Crippen LogP contribution in [0.1, 0.15) is 31.7 Å². The van der Waals surface area contributed by atoms with Crippen molar-refractivity contribution in [2.24, 2.45) is 0 Å². The second-order valence-corrected chi connectivity index (χ2v) is 7.29. The van der Waals surface area contributed by atoms with Crippen LogP contribution >= 0.6 is 0 Å². The van der Waals surface area contributed by atoms with Gasteiger partial charge in [-0.1, -0.05) is 6.42 Å². The van der Waals surface area contributed by atoms with Crippen LogP contribution in [0.15, 0.2) is 11.2 Å². The first-order valence-electron chi connectivity index (χ1n) is 7.44. The fourth-order valence-corrected chi connectivity index (χ4v) is 4.10. The van der Waals surface area contributed by atoms with Crippen LogP contribution in [0.2, 0.25) is 0 Å². The van der Waals surface area contributed by atoms with Crippen molar-refractivity contribution >= 4 is 10.0 Å². The maximum Gasteiger partial charge on any atom is 0.258 e. The first-order chi connectivity index (χ1) is 10.0. The minimum atomic E-state index is -3.55. The lowest BCUT2D eigenvalue weighted by Gasteiger charge is -2.29. The van der Waals surface area contributed by atoms with E-state index in [4.69, 9.17) is 0 Å². The summed E-state index contributed by atoms with van der Waals surface area (Å²) in [6.45, 7) is 5.23. The molecule has 1 aromatic rings. The quantitative estimate of drug-likeness (QED) is 0.672.